The van der Waals surface area contributed by atoms with Gasteiger partial charge in [0.05, 0.1) is 19.5 Å². The fourth-order valence-electron chi connectivity index (χ4n) is 4.62. The third-order valence-corrected chi connectivity index (χ3v) is 8.29. The van der Waals surface area contributed by atoms with E-state index in [-0.39, 0.29) is 16.9 Å². The van der Waals surface area contributed by atoms with Gasteiger partial charge in [-0.25, -0.2) is 0 Å². The standard InChI is InChI=1S/C36H37N3O5S/c1-6-32(36(42)38-29-19-18-23(2)20-24(29)3)45-28-16-11-15-27(22-28)37-35(41)30(39-34(40)25-12-8-7-9-13-25)21-26-14-10-17-31(43-4)33(26)44-5/h7-22,32H,6H2,1-5H3,(H,37,41)(H,38,42)(H,39,40)/b30-21+. The Morgan fingerprint density at radius 1 is 0.844 bits per heavy atom. The van der Waals surface area contributed by atoms with Crippen LogP contribution in [0.3, 0.4) is 0 Å². The number of ether oxygens (including phenoxy) is 2. The monoisotopic (exact) mass is 623 g/mol. The molecule has 4 aromatic carbocycles. The van der Waals surface area contributed by atoms with Crippen molar-refractivity contribution in [2.75, 3.05) is 24.9 Å². The number of anilines is 2. The number of carbonyl (C=O) groups excluding carboxylic acids is 3. The molecule has 9 heteroatoms. The van der Waals surface area contributed by atoms with E-state index in [0.717, 1.165) is 21.7 Å². The molecule has 0 aliphatic heterocycles. The SMILES string of the molecule is CCC(Sc1cccc(NC(=O)/C(=C\c2cccc(OC)c2OC)NC(=O)c2ccccc2)c1)C(=O)Nc1ccc(C)cc1C. The summed E-state index contributed by atoms with van der Waals surface area (Å²) in [6.45, 7) is 5.95. The first-order valence-corrected chi connectivity index (χ1v) is 15.4. The van der Waals surface area contributed by atoms with Crippen LogP contribution in [0.5, 0.6) is 11.5 Å². The molecular formula is C36H37N3O5S. The topological polar surface area (TPSA) is 106 Å². The van der Waals surface area contributed by atoms with Crippen molar-refractivity contribution in [1.29, 1.82) is 0 Å². The second-order valence-electron chi connectivity index (χ2n) is 10.3. The molecule has 8 nitrogen and oxygen atoms in total. The van der Waals surface area contributed by atoms with Crippen molar-refractivity contribution in [2.45, 2.75) is 37.3 Å². The molecule has 0 saturated heterocycles. The first kappa shape index (κ1) is 32.9. The summed E-state index contributed by atoms with van der Waals surface area (Å²) < 4.78 is 10.9. The van der Waals surface area contributed by atoms with E-state index in [9.17, 15) is 14.4 Å². The summed E-state index contributed by atoms with van der Waals surface area (Å²) in [7, 11) is 3.03. The van der Waals surface area contributed by atoms with Gasteiger partial charge in [0, 0.05) is 27.4 Å². The highest BCUT2D eigenvalue weighted by Crippen LogP contribution is 2.33. The van der Waals surface area contributed by atoms with E-state index in [1.807, 2.05) is 57.2 Å². The van der Waals surface area contributed by atoms with Crippen LogP contribution < -0.4 is 25.4 Å². The van der Waals surface area contributed by atoms with Crippen molar-refractivity contribution in [3.05, 3.63) is 119 Å². The maximum absolute atomic E-state index is 13.7. The highest BCUT2D eigenvalue weighted by atomic mass is 32.2. The third kappa shape index (κ3) is 8.77. The largest absolute Gasteiger partial charge is 0.493 e. The van der Waals surface area contributed by atoms with Gasteiger partial charge in [-0.2, -0.15) is 0 Å². The fourth-order valence-corrected chi connectivity index (χ4v) is 5.64. The Labute approximate surface area is 268 Å². The molecule has 45 heavy (non-hydrogen) atoms. The lowest BCUT2D eigenvalue weighted by Gasteiger charge is -2.17. The van der Waals surface area contributed by atoms with Crippen LogP contribution in [0.4, 0.5) is 11.4 Å². The number of hydrogen-bond acceptors (Lipinski definition) is 6. The van der Waals surface area contributed by atoms with E-state index in [2.05, 4.69) is 16.0 Å². The molecule has 0 radical (unpaired) electrons. The number of nitrogens with one attached hydrogen (secondary N) is 3. The summed E-state index contributed by atoms with van der Waals surface area (Å²) >= 11 is 1.42. The van der Waals surface area contributed by atoms with E-state index in [1.165, 1.54) is 26.0 Å². The van der Waals surface area contributed by atoms with Crippen LogP contribution >= 0.6 is 11.8 Å². The molecule has 0 aromatic heterocycles. The minimum absolute atomic E-state index is 0.00717. The summed E-state index contributed by atoms with van der Waals surface area (Å²) in [4.78, 5) is 40.7. The normalized spacial score (nSPS) is 11.7. The second-order valence-corrected chi connectivity index (χ2v) is 11.5. The molecule has 1 unspecified atom stereocenters. The summed E-state index contributed by atoms with van der Waals surface area (Å²) in [6, 6.07) is 27.1. The van der Waals surface area contributed by atoms with Crippen LogP contribution in [-0.4, -0.2) is 37.2 Å². The van der Waals surface area contributed by atoms with E-state index < -0.39 is 11.8 Å². The molecule has 3 N–H and O–H groups in total. The molecule has 0 saturated carbocycles. The number of thioether (sulfide) groups is 1. The summed E-state index contributed by atoms with van der Waals surface area (Å²) in [5.41, 5.74) is 4.38. The predicted octanol–water partition coefficient (Wildman–Crippen LogP) is 7.24. The maximum atomic E-state index is 13.7. The van der Waals surface area contributed by atoms with Crippen LogP contribution in [0.25, 0.3) is 6.08 Å². The van der Waals surface area contributed by atoms with Gasteiger partial charge in [-0.1, -0.05) is 61.0 Å². The van der Waals surface area contributed by atoms with Gasteiger partial charge in [0.1, 0.15) is 5.70 Å². The predicted molar refractivity (Wildman–Crippen MR) is 181 cm³/mol. The molecule has 0 aliphatic rings. The van der Waals surface area contributed by atoms with E-state index in [0.29, 0.717) is 34.7 Å². The Bertz CT molecular complexity index is 1700. The molecular weight excluding hydrogens is 586 g/mol. The van der Waals surface area contributed by atoms with Gasteiger partial charge in [0.25, 0.3) is 11.8 Å². The Kier molecular flexibility index (Phi) is 11.4. The lowest BCUT2D eigenvalue weighted by Crippen LogP contribution is -2.30. The molecule has 0 bridgehead atoms. The molecule has 4 aromatic rings. The molecule has 0 fully saturated rings. The Hall–Kier alpha value is -5.02. The first-order valence-electron chi connectivity index (χ1n) is 14.5. The van der Waals surface area contributed by atoms with Crippen LogP contribution in [0.1, 0.15) is 40.4 Å². The number of rotatable bonds is 12. The van der Waals surface area contributed by atoms with Crippen molar-refractivity contribution in [1.82, 2.24) is 5.32 Å². The molecule has 0 heterocycles. The average molecular weight is 624 g/mol. The zero-order chi connectivity index (χ0) is 32.3. The summed E-state index contributed by atoms with van der Waals surface area (Å²) in [5, 5.41) is 8.34. The highest BCUT2D eigenvalue weighted by Gasteiger charge is 2.20. The van der Waals surface area contributed by atoms with Crippen LogP contribution in [0.2, 0.25) is 0 Å². The third-order valence-electron chi connectivity index (χ3n) is 6.94. The lowest BCUT2D eigenvalue weighted by atomic mass is 10.1. The quantitative estimate of drug-likeness (QED) is 0.114. The minimum Gasteiger partial charge on any atom is -0.493 e. The van der Waals surface area contributed by atoms with Crippen molar-refractivity contribution in [3.8, 4) is 11.5 Å². The minimum atomic E-state index is -0.536. The van der Waals surface area contributed by atoms with Gasteiger partial charge < -0.3 is 25.4 Å². The van der Waals surface area contributed by atoms with Gasteiger partial charge in [0.2, 0.25) is 5.91 Å². The van der Waals surface area contributed by atoms with Crippen LogP contribution in [0.15, 0.2) is 102 Å². The van der Waals surface area contributed by atoms with Gasteiger partial charge in [-0.05, 0) is 74.4 Å². The number of amides is 3. The maximum Gasteiger partial charge on any atom is 0.272 e. The van der Waals surface area contributed by atoms with Crippen molar-refractivity contribution in [3.63, 3.8) is 0 Å². The van der Waals surface area contributed by atoms with E-state index >= 15 is 0 Å². The Morgan fingerprint density at radius 2 is 1.60 bits per heavy atom. The molecule has 0 spiro atoms. The first-order chi connectivity index (χ1) is 21.7. The number of carbonyl (C=O) groups is 3. The molecule has 4 rings (SSSR count). The summed E-state index contributed by atoms with van der Waals surface area (Å²) in [6.07, 6.45) is 2.15. The van der Waals surface area contributed by atoms with Crippen LogP contribution in [-0.2, 0) is 9.59 Å². The zero-order valence-electron chi connectivity index (χ0n) is 26.0. The van der Waals surface area contributed by atoms with Crippen molar-refractivity contribution >= 4 is 46.9 Å². The van der Waals surface area contributed by atoms with Gasteiger partial charge >= 0.3 is 0 Å². The fraction of sp³-hybridized carbons (Fsp3) is 0.194. The zero-order valence-corrected chi connectivity index (χ0v) is 26.8. The Balaban J connectivity index is 1.56. The lowest BCUT2D eigenvalue weighted by molar-refractivity contribution is -0.116. The van der Waals surface area contributed by atoms with Gasteiger partial charge in [0.15, 0.2) is 11.5 Å². The number of hydrogen-bond donors (Lipinski definition) is 3. The smallest absolute Gasteiger partial charge is 0.272 e. The van der Waals surface area contributed by atoms with Gasteiger partial charge in [-0.15, -0.1) is 11.8 Å². The number of para-hydroxylation sites is 1. The molecule has 3 amide bonds. The Morgan fingerprint density at radius 3 is 2.29 bits per heavy atom. The van der Waals surface area contributed by atoms with Crippen molar-refractivity contribution in [2.24, 2.45) is 0 Å². The second kappa shape index (κ2) is 15.6. The number of methoxy groups -OCH3 is 2. The molecule has 0 aliphatic carbocycles. The van der Waals surface area contributed by atoms with Gasteiger partial charge in [-0.3, -0.25) is 14.4 Å². The van der Waals surface area contributed by atoms with Crippen LogP contribution in [0, 0.1) is 13.8 Å². The summed E-state index contributed by atoms with van der Waals surface area (Å²) in [5.74, 6) is -0.167. The average Bonchev–Trinajstić information content (AvgIpc) is 3.04. The number of benzene rings is 4. The van der Waals surface area contributed by atoms with Crippen molar-refractivity contribution < 1.29 is 23.9 Å². The highest BCUT2D eigenvalue weighted by molar-refractivity contribution is 8.00. The van der Waals surface area contributed by atoms with E-state index in [1.54, 1.807) is 60.7 Å². The number of aryl methyl sites for hydroxylation is 2. The van der Waals surface area contributed by atoms with E-state index in [4.69, 9.17) is 9.47 Å². The molecule has 232 valence electrons. The molecule has 1 atom stereocenters.